The maximum atomic E-state index is 5.54. The summed E-state index contributed by atoms with van der Waals surface area (Å²) in [7, 11) is 2.04. The van der Waals surface area contributed by atoms with Gasteiger partial charge < -0.3 is 10.1 Å². The van der Waals surface area contributed by atoms with Crippen LogP contribution in [0.25, 0.3) is 0 Å². The van der Waals surface area contributed by atoms with Gasteiger partial charge in [-0.05, 0) is 26.3 Å². The Hall–Kier alpha value is -0.120. The van der Waals surface area contributed by atoms with Crippen LogP contribution in [0.3, 0.4) is 0 Å². The van der Waals surface area contributed by atoms with Crippen molar-refractivity contribution in [3.05, 3.63) is 0 Å². The maximum absolute atomic E-state index is 5.54. The summed E-state index contributed by atoms with van der Waals surface area (Å²) in [5.41, 5.74) is 0. The topological polar surface area (TPSA) is 24.5 Å². The lowest BCUT2D eigenvalue weighted by molar-refractivity contribution is 0.164. The van der Waals surface area contributed by atoms with Crippen LogP contribution in [-0.4, -0.2) is 50.3 Å². The fourth-order valence-corrected chi connectivity index (χ4v) is 3.04. The molecule has 2 heterocycles. The summed E-state index contributed by atoms with van der Waals surface area (Å²) in [6, 6.07) is 1.33. The molecule has 0 radical (unpaired) electrons. The Kier molecular flexibility index (Phi) is 3.65. The number of hydrogen-bond donors (Lipinski definition) is 1. The molecule has 1 N–H and O–H groups in total. The third-order valence-corrected chi connectivity index (χ3v) is 3.95. The van der Waals surface area contributed by atoms with Crippen molar-refractivity contribution in [3.8, 4) is 0 Å². The number of nitrogens with one attached hydrogen (secondary N) is 1. The molecule has 0 aliphatic carbocycles. The van der Waals surface area contributed by atoms with Crippen LogP contribution in [0.2, 0.25) is 0 Å². The van der Waals surface area contributed by atoms with E-state index in [1.165, 1.54) is 19.5 Å². The van der Waals surface area contributed by atoms with Crippen molar-refractivity contribution in [2.45, 2.75) is 32.4 Å². The van der Waals surface area contributed by atoms with Crippen LogP contribution < -0.4 is 5.32 Å². The smallest absolute Gasteiger partial charge is 0.0623 e. The molecule has 2 rings (SSSR count). The molecule has 2 fully saturated rings. The van der Waals surface area contributed by atoms with E-state index in [0.717, 1.165) is 25.2 Å². The van der Waals surface area contributed by atoms with E-state index in [1.54, 1.807) is 0 Å². The summed E-state index contributed by atoms with van der Waals surface area (Å²) in [5, 5.41) is 3.36. The molecule has 0 spiro atoms. The molecule has 15 heavy (non-hydrogen) atoms. The standard InChI is InChI=1S/C12H24N2O/c1-9-4-10(2)14(5-9)6-11-7-15-8-12(11)13-3/h9-13H,4-8H2,1-3H3. The second-order valence-electron chi connectivity index (χ2n) is 5.34. The van der Waals surface area contributed by atoms with Gasteiger partial charge in [-0.25, -0.2) is 0 Å². The highest BCUT2D eigenvalue weighted by atomic mass is 16.5. The van der Waals surface area contributed by atoms with Gasteiger partial charge in [0.1, 0.15) is 0 Å². The normalized spacial score (nSPS) is 42.6. The maximum Gasteiger partial charge on any atom is 0.0623 e. The van der Waals surface area contributed by atoms with E-state index in [4.69, 9.17) is 4.74 Å². The molecular weight excluding hydrogens is 188 g/mol. The van der Waals surface area contributed by atoms with Crippen molar-refractivity contribution in [3.63, 3.8) is 0 Å². The number of rotatable bonds is 3. The zero-order valence-electron chi connectivity index (χ0n) is 10.2. The lowest BCUT2D eigenvalue weighted by atomic mass is 10.0. The minimum Gasteiger partial charge on any atom is -0.379 e. The molecule has 4 unspecified atom stereocenters. The van der Waals surface area contributed by atoms with Crippen molar-refractivity contribution in [1.29, 1.82) is 0 Å². The van der Waals surface area contributed by atoms with Crippen LogP contribution >= 0.6 is 0 Å². The molecule has 2 aliphatic heterocycles. The average Bonchev–Trinajstić information content (AvgIpc) is 2.74. The molecule has 0 aromatic rings. The molecule has 0 bridgehead atoms. The highest BCUT2D eigenvalue weighted by Crippen LogP contribution is 2.25. The van der Waals surface area contributed by atoms with Crippen LogP contribution in [0, 0.1) is 11.8 Å². The summed E-state index contributed by atoms with van der Waals surface area (Å²) >= 11 is 0. The fourth-order valence-electron chi connectivity index (χ4n) is 3.04. The van der Waals surface area contributed by atoms with E-state index in [-0.39, 0.29) is 0 Å². The number of ether oxygens (including phenoxy) is 1. The summed E-state index contributed by atoms with van der Waals surface area (Å²) in [6.45, 7) is 9.01. The van der Waals surface area contributed by atoms with Gasteiger partial charge in [0.15, 0.2) is 0 Å². The largest absolute Gasteiger partial charge is 0.379 e. The Bertz CT molecular complexity index is 210. The van der Waals surface area contributed by atoms with E-state index in [0.29, 0.717) is 12.0 Å². The van der Waals surface area contributed by atoms with Crippen molar-refractivity contribution in [1.82, 2.24) is 10.2 Å². The first-order valence-corrected chi connectivity index (χ1v) is 6.19. The summed E-state index contributed by atoms with van der Waals surface area (Å²) < 4.78 is 5.54. The minimum atomic E-state index is 0.563. The van der Waals surface area contributed by atoms with Gasteiger partial charge in [0.05, 0.1) is 13.2 Å². The molecule has 3 heteroatoms. The first-order chi connectivity index (χ1) is 7.20. The van der Waals surface area contributed by atoms with Crippen molar-refractivity contribution in [2.24, 2.45) is 11.8 Å². The molecule has 0 saturated carbocycles. The number of hydrogen-bond acceptors (Lipinski definition) is 3. The van der Waals surface area contributed by atoms with Gasteiger partial charge in [-0.1, -0.05) is 6.92 Å². The number of nitrogens with zero attached hydrogens (tertiary/aromatic N) is 1. The second kappa shape index (κ2) is 4.81. The minimum absolute atomic E-state index is 0.563. The van der Waals surface area contributed by atoms with Gasteiger partial charge in [-0.2, -0.15) is 0 Å². The van der Waals surface area contributed by atoms with Crippen LogP contribution in [0.4, 0.5) is 0 Å². The van der Waals surface area contributed by atoms with Gasteiger partial charge in [-0.15, -0.1) is 0 Å². The summed E-state index contributed by atoms with van der Waals surface area (Å²) in [6.07, 6.45) is 1.36. The SMILES string of the molecule is CNC1COCC1CN1CC(C)CC1C. The fraction of sp³-hybridized carbons (Fsp3) is 1.00. The predicted octanol–water partition coefficient (Wildman–Crippen LogP) is 0.951. The molecule has 0 aromatic carbocycles. The first-order valence-electron chi connectivity index (χ1n) is 6.19. The van der Waals surface area contributed by atoms with Crippen LogP contribution in [-0.2, 0) is 4.74 Å². The average molecular weight is 212 g/mol. The Labute approximate surface area is 93.2 Å². The van der Waals surface area contributed by atoms with Crippen LogP contribution in [0.1, 0.15) is 20.3 Å². The third-order valence-electron chi connectivity index (χ3n) is 3.95. The Balaban J connectivity index is 1.85. The van der Waals surface area contributed by atoms with Crippen LogP contribution in [0.5, 0.6) is 0 Å². The Morgan fingerprint density at radius 2 is 2.13 bits per heavy atom. The third kappa shape index (κ3) is 2.52. The van der Waals surface area contributed by atoms with Crippen LogP contribution in [0.15, 0.2) is 0 Å². The first kappa shape index (κ1) is 11.4. The van der Waals surface area contributed by atoms with Gasteiger partial charge in [-0.3, -0.25) is 4.90 Å². The molecule has 2 saturated heterocycles. The van der Waals surface area contributed by atoms with Crippen molar-refractivity contribution in [2.75, 3.05) is 33.4 Å². The number of likely N-dealkylation sites (N-methyl/N-ethyl adjacent to an activating group) is 1. The Morgan fingerprint density at radius 1 is 1.33 bits per heavy atom. The second-order valence-corrected chi connectivity index (χ2v) is 5.34. The predicted molar refractivity (Wildman–Crippen MR) is 62.0 cm³/mol. The highest BCUT2D eigenvalue weighted by molar-refractivity contribution is 4.87. The summed E-state index contributed by atoms with van der Waals surface area (Å²) in [4.78, 5) is 2.63. The molecular formula is C12H24N2O. The monoisotopic (exact) mass is 212 g/mol. The molecule has 4 atom stereocenters. The van der Waals surface area contributed by atoms with E-state index in [9.17, 15) is 0 Å². The Morgan fingerprint density at radius 3 is 2.73 bits per heavy atom. The van der Waals surface area contributed by atoms with Gasteiger partial charge in [0, 0.05) is 31.1 Å². The zero-order valence-corrected chi connectivity index (χ0v) is 10.2. The van der Waals surface area contributed by atoms with Crippen molar-refractivity contribution < 1.29 is 4.74 Å². The quantitative estimate of drug-likeness (QED) is 0.754. The molecule has 3 nitrogen and oxygen atoms in total. The van der Waals surface area contributed by atoms with Crippen molar-refractivity contribution >= 4 is 0 Å². The number of likely N-dealkylation sites (tertiary alicyclic amines) is 1. The lowest BCUT2D eigenvalue weighted by Gasteiger charge is -2.26. The molecule has 0 amide bonds. The zero-order chi connectivity index (χ0) is 10.8. The van der Waals surface area contributed by atoms with E-state index < -0.39 is 0 Å². The molecule has 0 aromatic heterocycles. The van der Waals surface area contributed by atoms with E-state index in [1.807, 2.05) is 7.05 Å². The molecule has 88 valence electrons. The molecule has 2 aliphatic rings. The van der Waals surface area contributed by atoms with E-state index in [2.05, 4.69) is 24.1 Å². The highest BCUT2D eigenvalue weighted by Gasteiger charge is 2.33. The summed E-state index contributed by atoms with van der Waals surface area (Å²) in [5.74, 6) is 1.55. The van der Waals surface area contributed by atoms with Gasteiger partial charge >= 0.3 is 0 Å². The lowest BCUT2D eigenvalue weighted by Crippen LogP contribution is -2.41. The van der Waals surface area contributed by atoms with E-state index >= 15 is 0 Å². The van der Waals surface area contributed by atoms with Gasteiger partial charge in [0.2, 0.25) is 0 Å². The van der Waals surface area contributed by atoms with Gasteiger partial charge in [0.25, 0.3) is 0 Å².